The minimum absolute atomic E-state index is 0.115. The van der Waals surface area contributed by atoms with Gasteiger partial charge in [0.05, 0.1) is 18.3 Å². The standard InChI is InChI=1S/C17H16BrN5O2/c1-22-11-13(18)8-15(22)17(25)21-20-16(24)7-12-9-19-23(10-12)14-5-3-2-4-6-14/h2-6,8-11H,7H2,1H3,(H,20,24)(H,21,25). The summed E-state index contributed by atoms with van der Waals surface area (Å²) in [5.74, 6) is -0.712. The second-order valence-electron chi connectivity index (χ2n) is 5.46. The summed E-state index contributed by atoms with van der Waals surface area (Å²) in [5, 5.41) is 4.24. The summed E-state index contributed by atoms with van der Waals surface area (Å²) in [6.07, 6.45) is 5.28. The smallest absolute Gasteiger partial charge is 0.286 e. The fourth-order valence-corrected chi connectivity index (χ4v) is 2.87. The number of hydrogen-bond acceptors (Lipinski definition) is 3. The number of aromatic nitrogens is 3. The van der Waals surface area contributed by atoms with Crippen molar-refractivity contribution in [1.29, 1.82) is 0 Å². The highest BCUT2D eigenvalue weighted by Crippen LogP contribution is 2.13. The monoisotopic (exact) mass is 401 g/mol. The first-order chi connectivity index (χ1) is 12.0. The Morgan fingerprint density at radius 2 is 1.92 bits per heavy atom. The Labute approximate surface area is 152 Å². The van der Waals surface area contributed by atoms with Gasteiger partial charge in [0.25, 0.3) is 5.91 Å². The van der Waals surface area contributed by atoms with E-state index < -0.39 is 0 Å². The highest BCUT2D eigenvalue weighted by molar-refractivity contribution is 9.10. The molecule has 0 unspecified atom stereocenters. The molecule has 3 aromatic rings. The summed E-state index contributed by atoms with van der Waals surface area (Å²) in [5.41, 5.74) is 6.91. The molecule has 0 aliphatic carbocycles. The fourth-order valence-electron chi connectivity index (χ4n) is 2.34. The van der Waals surface area contributed by atoms with Crippen molar-refractivity contribution in [2.45, 2.75) is 6.42 Å². The summed E-state index contributed by atoms with van der Waals surface area (Å²) >= 11 is 3.30. The van der Waals surface area contributed by atoms with Gasteiger partial charge in [-0.2, -0.15) is 5.10 Å². The summed E-state index contributed by atoms with van der Waals surface area (Å²) in [4.78, 5) is 24.0. The van der Waals surface area contributed by atoms with E-state index in [0.29, 0.717) is 5.69 Å². The number of benzene rings is 1. The van der Waals surface area contributed by atoms with Crippen LogP contribution in [0.5, 0.6) is 0 Å². The summed E-state index contributed by atoms with van der Waals surface area (Å²) in [7, 11) is 1.75. The lowest BCUT2D eigenvalue weighted by molar-refractivity contribution is -0.121. The normalized spacial score (nSPS) is 10.5. The van der Waals surface area contributed by atoms with Crippen LogP contribution in [0, 0.1) is 0 Å². The van der Waals surface area contributed by atoms with Gasteiger partial charge in [-0.1, -0.05) is 18.2 Å². The van der Waals surface area contributed by atoms with Gasteiger partial charge in [-0.05, 0) is 39.7 Å². The Kier molecular flexibility index (Phi) is 4.99. The van der Waals surface area contributed by atoms with Crippen molar-refractivity contribution in [3.05, 3.63) is 70.7 Å². The average molecular weight is 402 g/mol. The van der Waals surface area contributed by atoms with Gasteiger partial charge in [-0.15, -0.1) is 0 Å². The number of aryl methyl sites for hydroxylation is 1. The van der Waals surface area contributed by atoms with E-state index in [1.807, 2.05) is 30.3 Å². The molecule has 2 N–H and O–H groups in total. The minimum atomic E-state index is -0.387. The molecule has 1 aromatic carbocycles. The van der Waals surface area contributed by atoms with E-state index in [1.54, 1.807) is 41.0 Å². The maximum absolute atomic E-state index is 12.0. The largest absolute Gasteiger partial charge is 0.345 e. The molecule has 0 radical (unpaired) electrons. The quantitative estimate of drug-likeness (QED) is 0.655. The lowest BCUT2D eigenvalue weighted by Crippen LogP contribution is -2.42. The van der Waals surface area contributed by atoms with Crippen molar-refractivity contribution < 1.29 is 9.59 Å². The van der Waals surface area contributed by atoms with Crippen LogP contribution in [-0.4, -0.2) is 26.2 Å². The van der Waals surface area contributed by atoms with Crippen LogP contribution in [0.4, 0.5) is 0 Å². The Morgan fingerprint density at radius 3 is 2.60 bits per heavy atom. The van der Waals surface area contributed by atoms with Crippen LogP contribution in [0.2, 0.25) is 0 Å². The second-order valence-corrected chi connectivity index (χ2v) is 6.38. The van der Waals surface area contributed by atoms with Gasteiger partial charge in [0.1, 0.15) is 5.69 Å². The van der Waals surface area contributed by atoms with Crippen LogP contribution in [-0.2, 0) is 18.3 Å². The lowest BCUT2D eigenvalue weighted by Gasteiger charge is -2.07. The summed E-state index contributed by atoms with van der Waals surface area (Å²) in [6.45, 7) is 0. The van der Waals surface area contributed by atoms with E-state index in [-0.39, 0.29) is 18.2 Å². The second kappa shape index (κ2) is 7.35. The molecule has 0 atom stereocenters. The number of carbonyl (C=O) groups excluding carboxylic acids is 2. The van der Waals surface area contributed by atoms with Crippen LogP contribution in [0.1, 0.15) is 16.1 Å². The number of amides is 2. The van der Waals surface area contributed by atoms with Gasteiger partial charge < -0.3 is 4.57 Å². The van der Waals surface area contributed by atoms with E-state index >= 15 is 0 Å². The fraction of sp³-hybridized carbons (Fsp3) is 0.118. The van der Waals surface area contributed by atoms with Crippen molar-refractivity contribution in [1.82, 2.24) is 25.2 Å². The molecule has 0 bridgehead atoms. The molecule has 0 aliphatic rings. The number of hydrazine groups is 1. The van der Waals surface area contributed by atoms with Crippen LogP contribution >= 0.6 is 15.9 Å². The molecule has 3 rings (SSSR count). The number of nitrogens with zero attached hydrogens (tertiary/aromatic N) is 3. The molecule has 2 amide bonds. The van der Waals surface area contributed by atoms with E-state index in [0.717, 1.165) is 15.7 Å². The zero-order chi connectivity index (χ0) is 17.8. The van der Waals surface area contributed by atoms with Crippen LogP contribution in [0.15, 0.2) is 59.5 Å². The predicted octanol–water partition coefficient (Wildman–Crippen LogP) is 1.98. The molecule has 7 nitrogen and oxygen atoms in total. The average Bonchev–Trinajstić information content (AvgIpc) is 3.19. The molecule has 0 aliphatic heterocycles. The topological polar surface area (TPSA) is 81.0 Å². The van der Waals surface area contributed by atoms with Gasteiger partial charge in [-0.25, -0.2) is 4.68 Å². The van der Waals surface area contributed by atoms with Gasteiger partial charge in [-0.3, -0.25) is 20.4 Å². The molecule has 2 aromatic heterocycles. The third kappa shape index (κ3) is 4.16. The maximum atomic E-state index is 12.0. The first kappa shape index (κ1) is 17.0. The van der Waals surface area contributed by atoms with E-state index in [9.17, 15) is 9.59 Å². The molecule has 2 heterocycles. The first-order valence-electron chi connectivity index (χ1n) is 7.53. The Bertz CT molecular complexity index is 901. The zero-order valence-electron chi connectivity index (χ0n) is 13.4. The van der Waals surface area contributed by atoms with Crippen LogP contribution in [0.25, 0.3) is 5.69 Å². The molecular formula is C17H16BrN5O2. The van der Waals surface area contributed by atoms with Crippen LogP contribution < -0.4 is 10.9 Å². The zero-order valence-corrected chi connectivity index (χ0v) is 15.0. The molecule has 8 heteroatoms. The SMILES string of the molecule is Cn1cc(Br)cc1C(=O)NNC(=O)Cc1cnn(-c2ccccc2)c1. The number of hydrogen-bond donors (Lipinski definition) is 2. The molecule has 128 valence electrons. The van der Waals surface area contributed by atoms with Gasteiger partial charge in [0.15, 0.2) is 0 Å². The van der Waals surface area contributed by atoms with Crippen LogP contribution in [0.3, 0.4) is 0 Å². The van der Waals surface area contributed by atoms with Crippen molar-refractivity contribution >= 4 is 27.7 Å². The van der Waals surface area contributed by atoms with Crippen molar-refractivity contribution in [2.24, 2.45) is 7.05 Å². The highest BCUT2D eigenvalue weighted by atomic mass is 79.9. The summed E-state index contributed by atoms with van der Waals surface area (Å²) in [6, 6.07) is 11.3. The van der Waals surface area contributed by atoms with Gasteiger partial charge in [0.2, 0.25) is 5.91 Å². The molecule has 0 saturated heterocycles. The third-order valence-electron chi connectivity index (χ3n) is 3.54. The molecular weight excluding hydrogens is 386 g/mol. The number of halogens is 1. The number of rotatable bonds is 4. The Morgan fingerprint density at radius 1 is 1.16 bits per heavy atom. The lowest BCUT2D eigenvalue weighted by atomic mass is 10.2. The third-order valence-corrected chi connectivity index (χ3v) is 3.97. The molecule has 0 saturated carbocycles. The number of para-hydroxylation sites is 1. The Hall–Kier alpha value is -2.87. The van der Waals surface area contributed by atoms with Crippen molar-refractivity contribution in [2.75, 3.05) is 0 Å². The van der Waals surface area contributed by atoms with E-state index in [2.05, 4.69) is 31.9 Å². The van der Waals surface area contributed by atoms with Gasteiger partial charge >= 0.3 is 0 Å². The number of nitrogens with one attached hydrogen (secondary N) is 2. The first-order valence-corrected chi connectivity index (χ1v) is 8.32. The maximum Gasteiger partial charge on any atom is 0.286 e. The van der Waals surface area contributed by atoms with Crippen molar-refractivity contribution in [3.63, 3.8) is 0 Å². The van der Waals surface area contributed by atoms with E-state index in [4.69, 9.17) is 0 Å². The van der Waals surface area contributed by atoms with E-state index in [1.165, 1.54) is 0 Å². The summed E-state index contributed by atoms with van der Waals surface area (Å²) < 4.78 is 4.15. The van der Waals surface area contributed by atoms with Crippen molar-refractivity contribution in [3.8, 4) is 5.69 Å². The molecule has 0 spiro atoms. The minimum Gasteiger partial charge on any atom is -0.345 e. The molecule has 25 heavy (non-hydrogen) atoms. The Balaban J connectivity index is 1.55. The molecule has 0 fully saturated rings. The number of carbonyl (C=O) groups is 2. The predicted molar refractivity (Wildman–Crippen MR) is 96.0 cm³/mol. The highest BCUT2D eigenvalue weighted by Gasteiger charge is 2.12. The van der Waals surface area contributed by atoms with Gasteiger partial charge in [0, 0.05) is 23.9 Å².